The number of fused-ring (bicyclic) bond motifs is 1. The summed E-state index contributed by atoms with van der Waals surface area (Å²) in [5, 5.41) is 20.1. The number of aryl methyl sites for hydroxylation is 1. The van der Waals surface area contributed by atoms with Crippen LogP contribution in [0.1, 0.15) is 31.7 Å². The molecule has 1 aliphatic heterocycles. The minimum absolute atomic E-state index is 0.0637. The van der Waals surface area contributed by atoms with E-state index in [0.717, 1.165) is 25.3 Å². The molecule has 2 aliphatic rings. The zero-order valence-electron chi connectivity index (χ0n) is 19.1. The molecule has 0 spiro atoms. The van der Waals surface area contributed by atoms with Crippen LogP contribution in [0.3, 0.4) is 0 Å². The number of hydrogen-bond donors (Lipinski definition) is 3. The zero-order valence-corrected chi connectivity index (χ0v) is 21.6. The Morgan fingerprint density at radius 1 is 1.28 bits per heavy atom. The quantitative estimate of drug-likeness (QED) is 0.387. The first-order valence-electron chi connectivity index (χ1n) is 11.2. The highest BCUT2D eigenvalue weighted by Gasteiger charge is 2.31. The van der Waals surface area contributed by atoms with Crippen LogP contribution in [0.25, 0.3) is 10.6 Å². The molecule has 36 heavy (non-hydrogen) atoms. The molecule has 3 N–H and O–H groups in total. The van der Waals surface area contributed by atoms with Crippen molar-refractivity contribution in [3.8, 4) is 16.3 Å². The molecule has 0 radical (unpaired) electrons. The normalized spacial score (nSPS) is 16.6. The van der Waals surface area contributed by atoms with Gasteiger partial charge in [-0.1, -0.05) is 18.9 Å². The summed E-state index contributed by atoms with van der Waals surface area (Å²) in [7, 11) is -7.96. The number of hydrogen-bond acceptors (Lipinski definition) is 9. The molecule has 11 nitrogen and oxygen atoms in total. The van der Waals surface area contributed by atoms with Crippen LogP contribution in [0.4, 0.5) is 11.4 Å². The fourth-order valence-corrected chi connectivity index (χ4v) is 6.29. The van der Waals surface area contributed by atoms with Crippen molar-refractivity contribution in [2.45, 2.75) is 37.6 Å². The van der Waals surface area contributed by atoms with Crippen molar-refractivity contribution in [2.75, 3.05) is 15.8 Å². The van der Waals surface area contributed by atoms with Crippen molar-refractivity contribution in [1.82, 2.24) is 9.78 Å². The summed E-state index contributed by atoms with van der Waals surface area (Å²) in [6.07, 6.45) is 2.94. The summed E-state index contributed by atoms with van der Waals surface area (Å²) in [6, 6.07) is 7.45. The van der Waals surface area contributed by atoms with E-state index >= 15 is 0 Å². The Hall–Kier alpha value is -3.23. The summed E-state index contributed by atoms with van der Waals surface area (Å²) >= 11 is 1.32. The zero-order chi connectivity index (χ0) is 25.7. The van der Waals surface area contributed by atoms with Gasteiger partial charge in [-0.2, -0.15) is 13.5 Å². The van der Waals surface area contributed by atoms with Crippen molar-refractivity contribution >= 4 is 48.6 Å². The van der Waals surface area contributed by atoms with Crippen molar-refractivity contribution in [3.05, 3.63) is 51.6 Å². The first-order chi connectivity index (χ1) is 17.1. The van der Waals surface area contributed by atoms with Gasteiger partial charge in [0.05, 0.1) is 16.3 Å². The van der Waals surface area contributed by atoms with Gasteiger partial charge in [0.25, 0.3) is 15.6 Å². The Labute approximate surface area is 211 Å². The fourth-order valence-electron chi connectivity index (χ4n) is 3.80. The predicted molar refractivity (Wildman–Crippen MR) is 138 cm³/mol. The van der Waals surface area contributed by atoms with E-state index in [2.05, 4.69) is 19.5 Å². The van der Waals surface area contributed by atoms with Crippen LogP contribution < -0.4 is 15.6 Å². The van der Waals surface area contributed by atoms with Crippen LogP contribution in [0, 0.1) is 5.92 Å². The highest BCUT2D eigenvalue weighted by atomic mass is 32.2. The van der Waals surface area contributed by atoms with Gasteiger partial charge < -0.3 is 10.4 Å². The van der Waals surface area contributed by atoms with Crippen molar-refractivity contribution in [3.63, 3.8) is 0 Å². The summed E-state index contributed by atoms with van der Waals surface area (Å²) in [5.74, 6) is -0.453. The van der Waals surface area contributed by atoms with E-state index in [-0.39, 0.29) is 39.1 Å². The maximum atomic E-state index is 13.4. The van der Waals surface area contributed by atoms with E-state index in [1.807, 2.05) is 0 Å². The fraction of sp³-hybridized carbons (Fsp3) is 0.318. The van der Waals surface area contributed by atoms with Crippen LogP contribution in [0.2, 0.25) is 0 Å². The maximum Gasteiger partial charge on any atom is 0.286 e. The van der Waals surface area contributed by atoms with E-state index in [1.165, 1.54) is 35.1 Å². The molecule has 14 heteroatoms. The highest BCUT2D eigenvalue weighted by Crippen LogP contribution is 2.36. The molecule has 1 saturated carbocycles. The molecule has 0 saturated heterocycles. The number of nitrogens with one attached hydrogen (secondary N) is 2. The number of amidine groups is 1. The van der Waals surface area contributed by atoms with Gasteiger partial charge in [0.15, 0.2) is 11.6 Å². The van der Waals surface area contributed by atoms with Gasteiger partial charge in [0.2, 0.25) is 10.0 Å². The molecule has 0 amide bonds. The van der Waals surface area contributed by atoms with Crippen LogP contribution >= 0.6 is 11.3 Å². The average Bonchev–Trinajstić information content (AvgIpc) is 3.49. The summed E-state index contributed by atoms with van der Waals surface area (Å²) in [6.45, 7) is 1.78. The van der Waals surface area contributed by atoms with Gasteiger partial charge >= 0.3 is 0 Å². The number of aromatic hydroxyl groups is 1. The van der Waals surface area contributed by atoms with Crippen molar-refractivity contribution < 1.29 is 21.9 Å². The first-order valence-corrected chi connectivity index (χ1v) is 15.2. The molecular formula is C22H23N5O6S3. The Kier molecular flexibility index (Phi) is 6.12. The summed E-state index contributed by atoms with van der Waals surface area (Å²) < 4.78 is 57.3. The van der Waals surface area contributed by atoms with Gasteiger partial charge in [0.1, 0.15) is 16.2 Å². The monoisotopic (exact) mass is 549 g/mol. The Morgan fingerprint density at radius 2 is 2.06 bits per heavy atom. The smallest absolute Gasteiger partial charge is 0.286 e. The molecule has 1 fully saturated rings. The van der Waals surface area contributed by atoms with E-state index < -0.39 is 31.4 Å². The third-order valence-corrected chi connectivity index (χ3v) is 9.44. The van der Waals surface area contributed by atoms with Crippen LogP contribution in [0.5, 0.6) is 5.75 Å². The molecule has 1 aromatic carbocycles. The second kappa shape index (κ2) is 9.01. The number of benzene rings is 1. The van der Waals surface area contributed by atoms with Crippen LogP contribution in [-0.2, 0) is 26.6 Å². The number of anilines is 2. The van der Waals surface area contributed by atoms with E-state index in [0.29, 0.717) is 17.3 Å². The number of nitrogens with zero attached hydrogens (tertiary/aromatic N) is 3. The Balaban J connectivity index is 1.60. The molecular weight excluding hydrogens is 526 g/mol. The number of thiophene rings is 1. The number of rotatable bonds is 8. The lowest BCUT2D eigenvalue weighted by molar-refractivity contribution is 0.455. The standard InChI is InChI=1S/C22H23N5O6S3/c1-2-35(30,31)25-14-7-8-15-17(12-14)36(32,33)26-21(23-15)18-20(28)19(16-4-3-11-34-16)24-27(22(18)29)10-9-13-5-6-13/h3-4,7-8,11-13,25,28H,2,5-6,9-10H2,1H3,(H,23,26). The maximum absolute atomic E-state index is 13.4. The number of aromatic nitrogens is 2. The lowest BCUT2D eigenvalue weighted by atomic mass is 10.1. The number of sulfonamides is 2. The molecule has 0 unspecified atom stereocenters. The third-order valence-electron chi connectivity index (χ3n) is 5.95. The molecule has 0 atom stereocenters. The van der Waals surface area contributed by atoms with Gasteiger partial charge in [-0.15, -0.1) is 15.7 Å². The Bertz CT molecular complexity index is 1640. The topological polar surface area (TPSA) is 160 Å². The van der Waals surface area contributed by atoms with Gasteiger partial charge in [-0.05, 0) is 48.9 Å². The second-order valence-electron chi connectivity index (χ2n) is 8.57. The Morgan fingerprint density at radius 3 is 2.72 bits per heavy atom. The molecule has 5 rings (SSSR count). The third kappa shape index (κ3) is 4.75. The molecule has 1 aliphatic carbocycles. The van der Waals surface area contributed by atoms with E-state index in [4.69, 9.17) is 0 Å². The lowest BCUT2D eigenvalue weighted by Crippen LogP contribution is -2.34. The van der Waals surface area contributed by atoms with E-state index in [1.54, 1.807) is 17.5 Å². The second-order valence-corrected chi connectivity index (χ2v) is 13.1. The van der Waals surface area contributed by atoms with Crippen molar-refractivity contribution in [1.29, 1.82) is 0 Å². The van der Waals surface area contributed by atoms with Gasteiger partial charge in [-0.25, -0.2) is 13.1 Å². The lowest BCUT2D eigenvalue weighted by Gasteiger charge is -2.20. The molecule has 190 valence electrons. The highest BCUT2D eigenvalue weighted by molar-refractivity contribution is 7.92. The predicted octanol–water partition coefficient (Wildman–Crippen LogP) is 2.80. The summed E-state index contributed by atoms with van der Waals surface area (Å²) in [4.78, 5) is 13.7. The van der Waals surface area contributed by atoms with Crippen LogP contribution in [0.15, 0.2) is 49.8 Å². The van der Waals surface area contributed by atoms with E-state index in [9.17, 15) is 26.7 Å². The minimum Gasteiger partial charge on any atom is -0.505 e. The van der Waals surface area contributed by atoms with Crippen molar-refractivity contribution in [2.24, 2.45) is 10.3 Å². The minimum atomic E-state index is -4.34. The first kappa shape index (κ1) is 24.5. The van der Waals surface area contributed by atoms with Gasteiger partial charge in [0, 0.05) is 12.2 Å². The average molecular weight is 550 g/mol. The molecule has 3 heterocycles. The molecule has 2 aromatic heterocycles. The largest absolute Gasteiger partial charge is 0.505 e. The molecule has 0 bridgehead atoms. The van der Waals surface area contributed by atoms with Gasteiger partial charge in [-0.3, -0.25) is 9.52 Å². The SMILES string of the molecule is CCS(=O)(=O)Nc1ccc2c(c1)S(=O)(=O)N=C(c1c(O)c(-c3cccs3)nn(CCC3CC3)c1=O)N2. The van der Waals surface area contributed by atoms with Crippen LogP contribution in [-0.4, -0.2) is 43.3 Å². The molecule has 3 aromatic rings. The summed E-state index contributed by atoms with van der Waals surface area (Å²) in [5.41, 5.74) is -0.640.